The third-order valence-electron chi connectivity index (χ3n) is 4.54. The molecule has 0 radical (unpaired) electrons. The molecule has 2 aromatic rings. The Kier molecular flexibility index (Phi) is 5.35. The molecule has 1 unspecified atom stereocenters. The summed E-state index contributed by atoms with van der Waals surface area (Å²) >= 11 is 0. The highest BCUT2D eigenvalue weighted by atomic mass is 16.5. The first-order chi connectivity index (χ1) is 11.7. The number of ether oxygens (including phenoxy) is 1. The second kappa shape index (κ2) is 7.66. The Labute approximate surface area is 144 Å². The number of nitrogen functional groups attached to an aromatic ring is 1. The Hall–Kier alpha value is -2.08. The monoisotopic (exact) mass is 326 g/mol. The summed E-state index contributed by atoms with van der Waals surface area (Å²) in [6, 6.07) is 18.5. The second-order valence-electron chi connectivity index (χ2n) is 6.07. The highest BCUT2D eigenvalue weighted by Gasteiger charge is 2.26. The van der Waals surface area contributed by atoms with Crippen molar-refractivity contribution in [3.8, 4) is 0 Å². The number of rotatable bonds is 5. The number of nitrogens with two attached hydrogens (primary N) is 1. The molecule has 5 nitrogen and oxygen atoms in total. The van der Waals surface area contributed by atoms with Gasteiger partial charge in [0.25, 0.3) is 0 Å². The molecule has 1 aliphatic heterocycles. The van der Waals surface area contributed by atoms with Crippen molar-refractivity contribution in [2.75, 3.05) is 44.0 Å². The lowest BCUT2D eigenvalue weighted by molar-refractivity contribution is -0.0415. The summed E-state index contributed by atoms with van der Waals surface area (Å²) in [4.78, 5) is 2.36. The van der Waals surface area contributed by atoms with E-state index in [-0.39, 0.29) is 6.23 Å². The number of piperazine rings is 1. The van der Waals surface area contributed by atoms with E-state index in [4.69, 9.17) is 10.5 Å². The van der Waals surface area contributed by atoms with Crippen LogP contribution in [0, 0.1) is 0 Å². The third-order valence-corrected chi connectivity index (χ3v) is 4.54. The Bertz CT molecular complexity index is 641. The van der Waals surface area contributed by atoms with Crippen molar-refractivity contribution in [3.63, 3.8) is 0 Å². The summed E-state index contributed by atoms with van der Waals surface area (Å²) < 4.78 is 5.45. The van der Waals surface area contributed by atoms with Gasteiger partial charge in [0.15, 0.2) is 0 Å². The van der Waals surface area contributed by atoms with Crippen LogP contribution in [-0.2, 0) is 4.74 Å². The van der Waals surface area contributed by atoms with Crippen LogP contribution in [0.2, 0.25) is 0 Å². The smallest absolute Gasteiger partial charge is 0.107 e. The van der Waals surface area contributed by atoms with Crippen LogP contribution in [0.15, 0.2) is 54.6 Å². The van der Waals surface area contributed by atoms with Gasteiger partial charge in [0.05, 0.1) is 11.4 Å². The Morgan fingerprint density at radius 3 is 2.25 bits per heavy atom. The lowest BCUT2D eigenvalue weighted by Gasteiger charge is -2.43. The molecule has 2 N–H and O–H groups in total. The zero-order valence-corrected chi connectivity index (χ0v) is 14.4. The summed E-state index contributed by atoms with van der Waals surface area (Å²) in [6.07, 6.45) is 0.157. The lowest BCUT2D eigenvalue weighted by Crippen LogP contribution is -2.54. The van der Waals surface area contributed by atoms with Crippen molar-refractivity contribution >= 4 is 17.1 Å². The topological polar surface area (TPSA) is 45.0 Å². The quantitative estimate of drug-likeness (QED) is 0.856. The number of para-hydroxylation sites is 1. The van der Waals surface area contributed by atoms with E-state index in [0.29, 0.717) is 0 Å². The van der Waals surface area contributed by atoms with Gasteiger partial charge in [0.1, 0.15) is 6.23 Å². The lowest BCUT2D eigenvalue weighted by atomic mass is 10.2. The van der Waals surface area contributed by atoms with Crippen molar-refractivity contribution in [1.82, 2.24) is 9.91 Å². The van der Waals surface area contributed by atoms with E-state index in [1.807, 2.05) is 24.3 Å². The Morgan fingerprint density at radius 2 is 1.62 bits per heavy atom. The normalized spacial score (nSPS) is 17.6. The summed E-state index contributed by atoms with van der Waals surface area (Å²) in [7, 11) is 1.76. The van der Waals surface area contributed by atoms with Gasteiger partial charge in [0, 0.05) is 39.0 Å². The van der Waals surface area contributed by atoms with Crippen LogP contribution in [0.1, 0.15) is 6.92 Å². The molecule has 5 heteroatoms. The number of anilines is 3. The zero-order chi connectivity index (χ0) is 16.9. The zero-order valence-electron chi connectivity index (χ0n) is 14.4. The molecule has 24 heavy (non-hydrogen) atoms. The van der Waals surface area contributed by atoms with Crippen molar-refractivity contribution in [3.05, 3.63) is 54.6 Å². The number of hydrogen-bond donors (Lipinski definition) is 1. The van der Waals surface area contributed by atoms with Crippen LogP contribution in [0.4, 0.5) is 17.1 Å². The maximum absolute atomic E-state index is 6.01. The fourth-order valence-electron chi connectivity index (χ4n) is 3.13. The molecule has 0 spiro atoms. The van der Waals surface area contributed by atoms with Gasteiger partial charge < -0.3 is 10.5 Å². The minimum atomic E-state index is 0.157. The number of methoxy groups -OCH3 is 1. The van der Waals surface area contributed by atoms with Gasteiger partial charge in [0.2, 0.25) is 0 Å². The molecule has 1 aliphatic rings. The molecule has 1 saturated heterocycles. The maximum atomic E-state index is 6.01. The van der Waals surface area contributed by atoms with E-state index in [0.717, 1.165) is 43.2 Å². The molecule has 1 fully saturated rings. The molecule has 0 bridgehead atoms. The Balaban J connectivity index is 1.84. The molecule has 0 saturated carbocycles. The van der Waals surface area contributed by atoms with Crippen molar-refractivity contribution in [1.29, 1.82) is 0 Å². The third kappa shape index (κ3) is 3.70. The van der Waals surface area contributed by atoms with Crippen LogP contribution in [0.5, 0.6) is 0 Å². The van der Waals surface area contributed by atoms with Gasteiger partial charge in [-0.05, 0) is 37.3 Å². The SMILES string of the molecule is COC(C)N1CCN(N(c2ccccc2)c2cccc(N)c2)CC1. The summed E-state index contributed by atoms with van der Waals surface area (Å²) in [5.74, 6) is 0. The molecular weight excluding hydrogens is 300 g/mol. The highest BCUT2D eigenvalue weighted by Crippen LogP contribution is 2.29. The van der Waals surface area contributed by atoms with E-state index in [2.05, 4.69) is 52.2 Å². The summed E-state index contributed by atoms with van der Waals surface area (Å²) in [5.41, 5.74) is 9.03. The standard InChI is InChI=1S/C19H26N4O/c1-16(24-2)21-11-13-22(14-12-21)23(18-8-4-3-5-9-18)19-10-6-7-17(20)15-19/h3-10,15-16H,11-14,20H2,1-2H3. The first-order valence-corrected chi connectivity index (χ1v) is 8.41. The van der Waals surface area contributed by atoms with Gasteiger partial charge in [-0.2, -0.15) is 0 Å². The van der Waals surface area contributed by atoms with Crippen LogP contribution in [0.3, 0.4) is 0 Å². The molecule has 0 aromatic heterocycles. The summed E-state index contributed by atoms with van der Waals surface area (Å²) in [5, 5.41) is 4.65. The van der Waals surface area contributed by atoms with Gasteiger partial charge in [-0.25, -0.2) is 5.01 Å². The van der Waals surface area contributed by atoms with Gasteiger partial charge >= 0.3 is 0 Å². The van der Waals surface area contributed by atoms with Gasteiger partial charge in [-0.3, -0.25) is 9.91 Å². The maximum Gasteiger partial charge on any atom is 0.107 e. The Morgan fingerprint density at radius 1 is 0.958 bits per heavy atom. The number of nitrogens with zero attached hydrogens (tertiary/aromatic N) is 3. The van der Waals surface area contributed by atoms with Crippen molar-refractivity contribution in [2.24, 2.45) is 0 Å². The van der Waals surface area contributed by atoms with Crippen LogP contribution in [0.25, 0.3) is 0 Å². The molecule has 3 rings (SSSR count). The van der Waals surface area contributed by atoms with E-state index < -0.39 is 0 Å². The van der Waals surface area contributed by atoms with Crippen LogP contribution < -0.4 is 10.7 Å². The molecule has 1 atom stereocenters. The van der Waals surface area contributed by atoms with E-state index in [1.165, 1.54) is 0 Å². The fraction of sp³-hybridized carbons (Fsp3) is 0.368. The molecule has 128 valence electrons. The number of hydrogen-bond acceptors (Lipinski definition) is 5. The van der Waals surface area contributed by atoms with Crippen molar-refractivity contribution in [2.45, 2.75) is 13.2 Å². The second-order valence-corrected chi connectivity index (χ2v) is 6.07. The molecule has 1 heterocycles. The van der Waals surface area contributed by atoms with Gasteiger partial charge in [-0.15, -0.1) is 0 Å². The largest absolute Gasteiger partial charge is 0.399 e. The van der Waals surface area contributed by atoms with Crippen molar-refractivity contribution < 1.29 is 4.74 Å². The number of benzene rings is 2. The average molecular weight is 326 g/mol. The summed E-state index contributed by atoms with van der Waals surface area (Å²) in [6.45, 7) is 5.93. The number of hydrazine groups is 1. The van der Waals surface area contributed by atoms with E-state index in [1.54, 1.807) is 7.11 Å². The molecule has 0 aliphatic carbocycles. The first kappa shape index (κ1) is 16.8. The first-order valence-electron chi connectivity index (χ1n) is 8.41. The molecule has 2 aromatic carbocycles. The van der Waals surface area contributed by atoms with E-state index >= 15 is 0 Å². The highest BCUT2D eigenvalue weighted by molar-refractivity contribution is 5.65. The predicted octanol–water partition coefficient (Wildman–Crippen LogP) is 2.93. The van der Waals surface area contributed by atoms with E-state index in [9.17, 15) is 0 Å². The van der Waals surface area contributed by atoms with Gasteiger partial charge in [-0.1, -0.05) is 24.3 Å². The minimum Gasteiger partial charge on any atom is -0.399 e. The minimum absolute atomic E-state index is 0.157. The predicted molar refractivity (Wildman–Crippen MR) is 99.1 cm³/mol. The van der Waals surface area contributed by atoms with Crippen LogP contribution in [-0.4, -0.2) is 49.4 Å². The molecular formula is C19H26N4O. The fourth-order valence-corrected chi connectivity index (χ4v) is 3.13. The average Bonchev–Trinajstić information content (AvgIpc) is 2.63. The van der Waals surface area contributed by atoms with Crippen LogP contribution >= 0.6 is 0 Å². The molecule has 0 amide bonds.